The summed E-state index contributed by atoms with van der Waals surface area (Å²) < 4.78 is 0. The molecule has 19 heavy (non-hydrogen) atoms. The van der Waals surface area contributed by atoms with Gasteiger partial charge in [0.25, 0.3) is 5.91 Å². The fraction of sp³-hybridized carbons (Fsp3) is 0.500. The van der Waals surface area contributed by atoms with Crippen LogP contribution in [-0.2, 0) is 0 Å². The van der Waals surface area contributed by atoms with Crippen LogP contribution in [0.15, 0.2) is 12.1 Å². The second-order valence-electron chi connectivity index (χ2n) is 4.85. The molecule has 6 nitrogen and oxygen atoms in total. The van der Waals surface area contributed by atoms with E-state index in [2.05, 4.69) is 20.9 Å². The Morgan fingerprint density at radius 3 is 2.79 bits per heavy atom. The molecule has 1 aromatic heterocycles. The minimum absolute atomic E-state index is 0.273. The fourth-order valence-electron chi connectivity index (χ4n) is 2.40. The van der Waals surface area contributed by atoms with E-state index in [1.807, 2.05) is 0 Å². The lowest BCUT2D eigenvalue weighted by Gasteiger charge is -2.27. The number of nitrogens with zero attached hydrogens (tertiary/aromatic N) is 1. The largest absolute Gasteiger partial charge is 0.365 e. The van der Waals surface area contributed by atoms with Crippen molar-refractivity contribution in [3.05, 3.63) is 17.7 Å². The number of quaternary nitrogens is 1. The summed E-state index contributed by atoms with van der Waals surface area (Å²) in [4.78, 5) is 17.8. The molecule has 104 valence electrons. The summed E-state index contributed by atoms with van der Waals surface area (Å²) in [5, 5.41) is 3.35. The molecule has 1 aromatic rings. The molecule has 1 fully saturated rings. The summed E-state index contributed by atoms with van der Waals surface area (Å²) in [6, 6.07) is 4.03. The number of aromatic nitrogens is 1. The number of rotatable bonds is 4. The Morgan fingerprint density at radius 1 is 1.42 bits per heavy atom. The number of nitrogens with one attached hydrogen (secondary N) is 2. The second kappa shape index (κ2) is 6.08. The van der Waals surface area contributed by atoms with Crippen LogP contribution in [-0.4, -0.2) is 23.0 Å². The Morgan fingerprint density at radius 2 is 2.16 bits per heavy atom. The van der Waals surface area contributed by atoms with Gasteiger partial charge in [-0.2, -0.15) is 0 Å². The van der Waals surface area contributed by atoms with Gasteiger partial charge in [0.05, 0.1) is 11.6 Å². The van der Waals surface area contributed by atoms with Gasteiger partial charge in [0.15, 0.2) is 5.82 Å². The van der Waals surface area contributed by atoms with Gasteiger partial charge in [-0.05, 0) is 25.0 Å². The smallest absolute Gasteiger partial charge is 0.252 e. The van der Waals surface area contributed by atoms with Crippen molar-refractivity contribution in [2.45, 2.75) is 37.8 Å². The zero-order chi connectivity index (χ0) is 13.8. The first-order valence-corrected chi connectivity index (χ1v) is 6.76. The molecule has 1 amide bonds. The first kappa shape index (κ1) is 13.9. The van der Waals surface area contributed by atoms with Crippen molar-refractivity contribution in [1.29, 1.82) is 0 Å². The quantitative estimate of drug-likeness (QED) is 0.611. The second-order valence-corrected chi connectivity index (χ2v) is 5.04. The number of nitrogens with two attached hydrogens (primary N) is 1. The van der Waals surface area contributed by atoms with Crippen LogP contribution in [0, 0.1) is 0 Å². The van der Waals surface area contributed by atoms with Crippen molar-refractivity contribution in [3.8, 4) is 0 Å². The first-order valence-electron chi connectivity index (χ1n) is 6.39. The minimum atomic E-state index is -0.560. The fourth-order valence-corrected chi connectivity index (χ4v) is 2.54. The Labute approximate surface area is 117 Å². The number of pyridine rings is 1. The van der Waals surface area contributed by atoms with E-state index in [1.54, 1.807) is 12.1 Å². The molecule has 1 saturated carbocycles. The van der Waals surface area contributed by atoms with Crippen molar-refractivity contribution < 1.29 is 10.5 Å². The number of anilines is 2. The van der Waals surface area contributed by atoms with Crippen LogP contribution >= 0.6 is 11.8 Å². The van der Waals surface area contributed by atoms with Crippen molar-refractivity contribution in [1.82, 2.24) is 4.98 Å². The third-order valence-corrected chi connectivity index (χ3v) is 3.67. The molecule has 0 radical (unpaired) electrons. The van der Waals surface area contributed by atoms with E-state index in [1.165, 1.54) is 12.8 Å². The molecular weight excluding hydrogens is 266 g/mol. The predicted molar refractivity (Wildman–Crippen MR) is 74.8 cm³/mol. The highest BCUT2D eigenvalue weighted by Crippen LogP contribution is 2.22. The molecule has 7 N–H and O–H groups in total. The molecule has 0 saturated heterocycles. The molecule has 0 unspecified atom stereocenters. The van der Waals surface area contributed by atoms with Crippen molar-refractivity contribution in [2.75, 3.05) is 10.2 Å². The normalized spacial score (nSPS) is 22.8. The summed E-state index contributed by atoms with van der Waals surface area (Å²) in [6.45, 7) is 0. The molecular formula is C12H19ClN5O+. The van der Waals surface area contributed by atoms with Crippen molar-refractivity contribution >= 4 is 29.3 Å². The average molecular weight is 285 g/mol. The standard InChI is InChI=1S/C12H18ClN5O/c13-18-12-7(11(15)19)5-6-10(17-12)16-9-4-2-1-3-8(9)14/h5-6,8-9H,1-4,14H2,(H2,15,19)(H2,16,17,18)/p+1/t8-,9+/m0/s1. The van der Waals surface area contributed by atoms with Gasteiger partial charge in [-0.25, -0.2) is 4.98 Å². The highest BCUT2D eigenvalue weighted by Gasteiger charge is 2.25. The molecule has 1 aliphatic rings. The van der Waals surface area contributed by atoms with Crippen LogP contribution < -0.4 is 21.6 Å². The summed E-state index contributed by atoms with van der Waals surface area (Å²) in [5.74, 6) is 0.388. The Kier molecular flexibility index (Phi) is 4.44. The van der Waals surface area contributed by atoms with Gasteiger partial charge < -0.3 is 16.8 Å². The van der Waals surface area contributed by atoms with Crippen LogP contribution in [0.4, 0.5) is 11.6 Å². The lowest BCUT2D eigenvalue weighted by Crippen LogP contribution is -2.68. The maximum absolute atomic E-state index is 11.2. The molecule has 0 spiro atoms. The van der Waals surface area contributed by atoms with E-state index in [4.69, 9.17) is 17.5 Å². The van der Waals surface area contributed by atoms with Gasteiger partial charge in [0.2, 0.25) is 0 Å². The van der Waals surface area contributed by atoms with E-state index in [0.717, 1.165) is 12.8 Å². The lowest BCUT2D eigenvalue weighted by atomic mass is 9.91. The molecule has 1 heterocycles. The summed E-state index contributed by atoms with van der Waals surface area (Å²) in [6.07, 6.45) is 4.63. The van der Waals surface area contributed by atoms with Gasteiger partial charge in [-0.15, -0.1) is 0 Å². The topological polar surface area (TPSA) is 108 Å². The zero-order valence-corrected chi connectivity index (χ0v) is 11.4. The van der Waals surface area contributed by atoms with Gasteiger partial charge in [-0.3, -0.25) is 9.63 Å². The van der Waals surface area contributed by atoms with Gasteiger partial charge in [-0.1, -0.05) is 6.42 Å². The van der Waals surface area contributed by atoms with Crippen LogP contribution in [0.3, 0.4) is 0 Å². The zero-order valence-electron chi connectivity index (χ0n) is 10.7. The molecule has 2 rings (SSSR count). The number of primary amides is 1. The van der Waals surface area contributed by atoms with Crippen LogP contribution in [0.5, 0.6) is 0 Å². The summed E-state index contributed by atoms with van der Waals surface area (Å²) in [5.41, 5.74) is 9.67. The first-order chi connectivity index (χ1) is 9.11. The minimum Gasteiger partial charge on any atom is -0.365 e. The van der Waals surface area contributed by atoms with Crippen LogP contribution in [0.2, 0.25) is 0 Å². The Hall–Kier alpha value is -1.53. The van der Waals surface area contributed by atoms with Gasteiger partial charge in [0, 0.05) is 18.2 Å². The Balaban J connectivity index is 2.14. The molecule has 0 aliphatic heterocycles. The number of carbonyl (C=O) groups is 1. The maximum Gasteiger partial charge on any atom is 0.252 e. The third-order valence-electron chi connectivity index (χ3n) is 3.49. The number of halogens is 1. The molecule has 1 aliphatic carbocycles. The number of amides is 1. The maximum atomic E-state index is 11.2. The van der Waals surface area contributed by atoms with E-state index < -0.39 is 5.91 Å². The SMILES string of the molecule is NC(=O)c1ccc(N[C@@H]2CCCC[C@@H]2[NH3+])nc1NCl. The van der Waals surface area contributed by atoms with E-state index in [0.29, 0.717) is 17.9 Å². The third kappa shape index (κ3) is 3.27. The highest BCUT2D eigenvalue weighted by molar-refractivity contribution is 6.24. The number of hydrogen-bond acceptors (Lipinski definition) is 4. The molecule has 0 bridgehead atoms. The van der Waals surface area contributed by atoms with Crippen molar-refractivity contribution in [2.24, 2.45) is 5.73 Å². The lowest BCUT2D eigenvalue weighted by molar-refractivity contribution is -0.427. The average Bonchev–Trinajstić information content (AvgIpc) is 2.41. The van der Waals surface area contributed by atoms with E-state index in [9.17, 15) is 4.79 Å². The number of hydrogen-bond donors (Lipinski definition) is 4. The Bertz CT molecular complexity index is 467. The molecule has 0 aromatic carbocycles. The van der Waals surface area contributed by atoms with Crippen molar-refractivity contribution in [3.63, 3.8) is 0 Å². The van der Waals surface area contributed by atoms with E-state index >= 15 is 0 Å². The van der Waals surface area contributed by atoms with Gasteiger partial charge in [0.1, 0.15) is 11.9 Å². The van der Waals surface area contributed by atoms with Crippen LogP contribution in [0.25, 0.3) is 0 Å². The highest BCUT2D eigenvalue weighted by atomic mass is 35.5. The predicted octanol–water partition coefficient (Wildman–Crippen LogP) is 0.711. The van der Waals surface area contributed by atoms with E-state index in [-0.39, 0.29) is 11.4 Å². The number of carbonyl (C=O) groups excluding carboxylic acids is 1. The summed E-state index contributed by atoms with van der Waals surface area (Å²) >= 11 is 5.56. The monoisotopic (exact) mass is 284 g/mol. The molecule has 7 heteroatoms. The summed E-state index contributed by atoms with van der Waals surface area (Å²) in [7, 11) is 0. The van der Waals surface area contributed by atoms with Gasteiger partial charge >= 0.3 is 0 Å². The van der Waals surface area contributed by atoms with Crippen LogP contribution in [0.1, 0.15) is 36.0 Å². The molecule has 2 atom stereocenters.